The van der Waals surface area contributed by atoms with E-state index in [0.717, 1.165) is 17.2 Å². The van der Waals surface area contributed by atoms with Crippen molar-refractivity contribution in [2.75, 3.05) is 13.2 Å². The normalized spacial score (nSPS) is 12.2. The summed E-state index contributed by atoms with van der Waals surface area (Å²) in [5.74, 6) is -0.713. The van der Waals surface area contributed by atoms with Crippen LogP contribution in [0.25, 0.3) is 16.5 Å². The molecule has 3 aromatic rings. The van der Waals surface area contributed by atoms with Crippen LogP contribution in [0.5, 0.6) is 0 Å². The standard InChI is InChI=1S/C24H23NO3/c1-2-28-24(27)22(17-25-16-15-18-9-4-3-5-10-18)23(26)21-14-8-12-19-11-6-7-13-20(19)21/h3-14,17,26H,2,15-16H2,1H3. The number of hydrogen-bond acceptors (Lipinski definition) is 4. The van der Waals surface area contributed by atoms with Gasteiger partial charge in [0.05, 0.1) is 6.61 Å². The van der Waals surface area contributed by atoms with E-state index in [-0.39, 0.29) is 17.9 Å². The lowest BCUT2D eigenvalue weighted by Crippen LogP contribution is -2.12. The molecule has 0 heterocycles. The van der Waals surface area contributed by atoms with Crippen LogP contribution in [0.3, 0.4) is 0 Å². The van der Waals surface area contributed by atoms with E-state index in [0.29, 0.717) is 12.1 Å². The molecule has 28 heavy (non-hydrogen) atoms. The molecule has 0 atom stereocenters. The molecule has 1 N–H and O–H groups in total. The zero-order chi connectivity index (χ0) is 19.8. The third-order valence-electron chi connectivity index (χ3n) is 4.39. The summed E-state index contributed by atoms with van der Waals surface area (Å²) in [7, 11) is 0. The summed E-state index contributed by atoms with van der Waals surface area (Å²) in [6.45, 7) is 2.47. The van der Waals surface area contributed by atoms with Crippen LogP contribution in [0.2, 0.25) is 0 Å². The van der Waals surface area contributed by atoms with Crippen molar-refractivity contribution in [3.05, 3.63) is 89.5 Å². The molecule has 4 nitrogen and oxygen atoms in total. The van der Waals surface area contributed by atoms with Crippen LogP contribution in [0.15, 0.2) is 83.4 Å². The number of benzene rings is 3. The van der Waals surface area contributed by atoms with E-state index in [4.69, 9.17) is 4.74 Å². The Morgan fingerprint density at radius 2 is 1.71 bits per heavy atom. The number of ether oxygens (including phenoxy) is 1. The second-order valence-electron chi connectivity index (χ2n) is 6.28. The highest BCUT2D eigenvalue weighted by Crippen LogP contribution is 2.25. The van der Waals surface area contributed by atoms with Crippen LogP contribution in [-0.4, -0.2) is 30.4 Å². The fourth-order valence-corrected chi connectivity index (χ4v) is 2.99. The van der Waals surface area contributed by atoms with Crippen LogP contribution >= 0.6 is 0 Å². The second kappa shape index (κ2) is 9.51. The van der Waals surface area contributed by atoms with Gasteiger partial charge in [-0.15, -0.1) is 0 Å². The van der Waals surface area contributed by atoms with Crippen LogP contribution < -0.4 is 0 Å². The van der Waals surface area contributed by atoms with Crippen molar-refractivity contribution in [3.63, 3.8) is 0 Å². The minimum absolute atomic E-state index is 0.0614. The molecule has 3 rings (SSSR count). The molecule has 0 bridgehead atoms. The molecule has 0 unspecified atom stereocenters. The molecule has 0 aliphatic carbocycles. The molecular weight excluding hydrogens is 350 g/mol. The van der Waals surface area contributed by atoms with E-state index in [1.54, 1.807) is 13.0 Å². The Morgan fingerprint density at radius 1 is 1.00 bits per heavy atom. The Kier molecular flexibility index (Phi) is 6.58. The Balaban J connectivity index is 1.91. The SMILES string of the molecule is CCOC(=O)C(C=NCCc1ccccc1)=C(O)c1cccc2ccccc12. The topological polar surface area (TPSA) is 58.9 Å². The minimum Gasteiger partial charge on any atom is -0.506 e. The predicted molar refractivity (Wildman–Crippen MR) is 114 cm³/mol. The minimum atomic E-state index is -0.587. The Bertz CT molecular complexity index is 1000. The fourth-order valence-electron chi connectivity index (χ4n) is 2.99. The predicted octanol–water partition coefficient (Wildman–Crippen LogP) is 4.99. The van der Waals surface area contributed by atoms with Gasteiger partial charge in [0.15, 0.2) is 0 Å². The fraction of sp³-hybridized carbons (Fsp3) is 0.167. The molecule has 0 fully saturated rings. The summed E-state index contributed by atoms with van der Waals surface area (Å²) in [4.78, 5) is 16.8. The zero-order valence-electron chi connectivity index (χ0n) is 15.8. The molecule has 0 aliphatic heterocycles. The number of aliphatic hydroxyl groups excluding tert-OH is 1. The van der Waals surface area contributed by atoms with E-state index < -0.39 is 5.97 Å². The van der Waals surface area contributed by atoms with Gasteiger partial charge in [0.1, 0.15) is 11.3 Å². The van der Waals surface area contributed by atoms with E-state index in [1.165, 1.54) is 11.8 Å². The monoisotopic (exact) mass is 373 g/mol. The van der Waals surface area contributed by atoms with Crippen molar-refractivity contribution in [1.82, 2.24) is 0 Å². The molecule has 3 aromatic carbocycles. The highest BCUT2D eigenvalue weighted by Gasteiger charge is 2.17. The number of hydrogen-bond donors (Lipinski definition) is 1. The molecule has 0 aliphatic rings. The quantitative estimate of drug-likeness (QED) is 0.275. The maximum absolute atomic E-state index is 12.4. The molecule has 0 amide bonds. The maximum Gasteiger partial charge on any atom is 0.343 e. The first-order valence-electron chi connectivity index (χ1n) is 9.33. The van der Waals surface area contributed by atoms with E-state index >= 15 is 0 Å². The number of fused-ring (bicyclic) bond motifs is 1. The van der Waals surface area contributed by atoms with Gasteiger partial charge in [0, 0.05) is 18.3 Å². The number of aliphatic imine (C=N–C) groups is 1. The number of rotatable bonds is 7. The van der Waals surface area contributed by atoms with Crippen molar-refractivity contribution >= 4 is 28.7 Å². The van der Waals surface area contributed by atoms with E-state index in [2.05, 4.69) is 4.99 Å². The second-order valence-corrected chi connectivity index (χ2v) is 6.28. The maximum atomic E-state index is 12.4. The first kappa shape index (κ1) is 19.4. The highest BCUT2D eigenvalue weighted by molar-refractivity contribution is 6.16. The lowest BCUT2D eigenvalue weighted by Gasteiger charge is -2.09. The Labute approximate surface area is 164 Å². The highest BCUT2D eigenvalue weighted by atomic mass is 16.5. The van der Waals surface area contributed by atoms with Crippen LogP contribution in [0, 0.1) is 0 Å². The van der Waals surface area contributed by atoms with Crippen molar-refractivity contribution in [1.29, 1.82) is 0 Å². The molecular formula is C24H23NO3. The number of nitrogens with zero attached hydrogens (tertiary/aromatic N) is 1. The van der Waals surface area contributed by atoms with Gasteiger partial charge < -0.3 is 9.84 Å². The molecule has 142 valence electrons. The summed E-state index contributed by atoms with van der Waals surface area (Å²) in [5.41, 5.74) is 1.81. The summed E-state index contributed by atoms with van der Waals surface area (Å²) in [6, 6.07) is 23.3. The summed E-state index contributed by atoms with van der Waals surface area (Å²) >= 11 is 0. The van der Waals surface area contributed by atoms with Gasteiger partial charge in [-0.1, -0.05) is 72.8 Å². The number of carbonyl (C=O) groups excluding carboxylic acids is 1. The summed E-state index contributed by atoms with van der Waals surface area (Å²) in [5, 5.41) is 12.7. The van der Waals surface area contributed by atoms with Crippen LogP contribution in [0.4, 0.5) is 0 Å². The van der Waals surface area contributed by atoms with Crippen molar-refractivity contribution < 1.29 is 14.6 Å². The lowest BCUT2D eigenvalue weighted by molar-refractivity contribution is -0.137. The van der Waals surface area contributed by atoms with Crippen LogP contribution in [0.1, 0.15) is 18.1 Å². The molecule has 4 heteroatoms. The van der Waals surface area contributed by atoms with Gasteiger partial charge in [0.2, 0.25) is 0 Å². The number of carbonyl (C=O) groups is 1. The van der Waals surface area contributed by atoms with Gasteiger partial charge in [-0.05, 0) is 29.7 Å². The number of esters is 1. The zero-order valence-corrected chi connectivity index (χ0v) is 15.8. The Morgan fingerprint density at radius 3 is 2.50 bits per heavy atom. The van der Waals surface area contributed by atoms with Crippen LogP contribution in [-0.2, 0) is 16.0 Å². The van der Waals surface area contributed by atoms with Gasteiger partial charge in [-0.25, -0.2) is 4.79 Å². The molecule has 0 saturated heterocycles. The lowest BCUT2D eigenvalue weighted by atomic mass is 10.0. The van der Waals surface area contributed by atoms with E-state index in [9.17, 15) is 9.90 Å². The third kappa shape index (κ3) is 4.65. The van der Waals surface area contributed by atoms with Gasteiger partial charge in [-0.2, -0.15) is 0 Å². The van der Waals surface area contributed by atoms with E-state index in [1.807, 2.05) is 66.7 Å². The summed E-state index contributed by atoms with van der Waals surface area (Å²) < 4.78 is 5.13. The third-order valence-corrected chi connectivity index (χ3v) is 4.39. The molecule has 0 spiro atoms. The first-order valence-corrected chi connectivity index (χ1v) is 9.33. The molecule has 0 aromatic heterocycles. The smallest absolute Gasteiger partial charge is 0.343 e. The van der Waals surface area contributed by atoms with Gasteiger partial charge in [-0.3, -0.25) is 4.99 Å². The average molecular weight is 373 g/mol. The first-order chi connectivity index (χ1) is 13.7. The molecule has 0 radical (unpaired) electrons. The van der Waals surface area contributed by atoms with Crippen molar-refractivity contribution in [2.45, 2.75) is 13.3 Å². The van der Waals surface area contributed by atoms with Crippen molar-refractivity contribution in [3.8, 4) is 0 Å². The van der Waals surface area contributed by atoms with Crippen molar-refractivity contribution in [2.24, 2.45) is 4.99 Å². The summed E-state index contributed by atoms with van der Waals surface area (Å²) in [6.07, 6.45) is 2.17. The molecule has 0 saturated carbocycles. The van der Waals surface area contributed by atoms with Gasteiger partial charge in [0.25, 0.3) is 0 Å². The Hall–Kier alpha value is -3.40. The largest absolute Gasteiger partial charge is 0.506 e. The average Bonchev–Trinajstić information content (AvgIpc) is 2.74. The number of aliphatic hydroxyl groups is 1. The van der Waals surface area contributed by atoms with Gasteiger partial charge >= 0.3 is 5.97 Å².